The molecule has 5 nitrogen and oxygen atoms in total. The van der Waals surface area contributed by atoms with Gasteiger partial charge in [-0.15, -0.1) is 0 Å². The third kappa shape index (κ3) is 4.27. The summed E-state index contributed by atoms with van der Waals surface area (Å²) in [4.78, 5) is 12.0. The average molecular weight is 264 g/mol. The molecule has 0 aromatic heterocycles. The van der Waals surface area contributed by atoms with Crippen molar-refractivity contribution in [3.05, 3.63) is 0 Å². The Morgan fingerprint density at radius 2 is 1.82 bits per heavy atom. The number of rotatable bonds is 6. The highest BCUT2D eigenvalue weighted by Gasteiger charge is 2.39. The summed E-state index contributed by atoms with van der Waals surface area (Å²) in [6, 6.07) is -0.0893. The Bertz CT molecular complexity index is 361. The van der Waals surface area contributed by atoms with E-state index < -0.39 is 20.5 Å². The van der Waals surface area contributed by atoms with Crippen molar-refractivity contribution >= 4 is 15.7 Å². The van der Waals surface area contributed by atoms with E-state index in [0.29, 0.717) is 13.0 Å². The SMILES string of the molecule is CC(C)C(CCN)NC(=O)C(C)(C)S(C)(=O)=O. The molecule has 1 amide bonds. The second-order valence-corrected chi connectivity index (χ2v) is 7.75. The zero-order valence-corrected chi connectivity index (χ0v) is 12.1. The third-order valence-electron chi connectivity index (χ3n) is 3.07. The minimum atomic E-state index is -3.43. The molecule has 0 heterocycles. The second-order valence-electron chi connectivity index (χ2n) is 5.18. The van der Waals surface area contributed by atoms with Crippen LogP contribution in [0.3, 0.4) is 0 Å². The quantitative estimate of drug-likeness (QED) is 0.722. The predicted octanol–water partition coefficient (Wildman–Crippen LogP) is 0.299. The number of hydrogen-bond acceptors (Lipinski definition) is 4. The van der Waals surface area contributed by atoms with Gasteiger partial charge in [-0.3, -0.25) is 4.79 Å². The number of carbonyl (C=O) groups excluding carboxylic acids is 1. The topological polar surface area (TPSA) is 89.3 Å². The first kappa shape index (κ1) is 16.4. The minimum Gasteiger partial charge on any atom is -0.352 e. The molecule has 0 spiro atoms. The third-order valence-corrected chi connectivity index (χ3v) is 5.11. The molecular formula is C11H24N2O3S. The largest absolute Gasteiger partial charge is 0.352 e. The van der Waals surface area contributed by atoms with Gasteiger partial charge in [-0.1, -0.05) is 13.8 Å². The summed E-state index contributed by atoms with van der Waals surface area (Å²) in [6.45, 7) is 7.22. The van der Waals surface area contributed by atoms with E-state index in [9.17, 15) is 13.2 Å². The van der Waals surface area contributed by atoms with E-state index in [1.165, 1.54) is 13.8 Å². The monoisotopic (exact) mass is 264 g/mol. The highest BCUT2D eigenvalue weighted by Crippen LogP contribution is 2.16. The maximum Gasteiger partial charge on any atom is 0.241 e. The van der Waals surface area contributed by atoms with Crippen LogP contribution in [0.2, 0.25) is 0 Å². The highest BCUT2D eigenvalue weighted by atomic mass is 32.2. The van der Waals surface area contributed by atoms with Crippen LogP contribution >= 0.6 is 0 Å². The lowest BCUT2D eigenvalue weighted by molar-refractivity contribution is -0.123. The van der Waals surface area contributed by atoms with E-state index >= 15 is 0 Å². The number of hydrogen-bond donors (Lipinski definition) is 2. The lowest BCUT2D eigenvalue weighted by atomic mass is 10.00. The van der Waals surface area contributed by atoms with Gasteiger partial charge in [0, 0.05) is 12.3 Å². The molecule has 0 aromatic carbocycles. The van der Waals surface area contributed by atoms with Crippen LogP contribution in [0.4, 0.5) is 0 Å². The van der Waals surface area contributed by atoms with Crippen LogP contribution < -0.4 is 11.1 Å². The molecule has 0 saturated heterocycles. The number of carbonyl (C=O) groups is 1. The minimum absolute atomic E-state index is 0.0893. The van der Waals surface area contributed by atoms with Crippen LogP contribution in [0.25, 0.3) is 0 Å². The van der Waals surface area contributed by atoms with Crippen LogP contribution in [-0.4, -0.2) is 37.9 Å². The van der Waals surface area contributed by atoms with E-state index in [1.807, 2.05) is 13.8 Å². The first-order chi connectivity index (χ1) is 7.54. The molecule has 0 saturated carbocycles. The van der Waals surface area contributed by atoms with Crippen LogP contribution in [0.15, 0.2) is 0 Å². The van der Waals surface area contributed by atoms with E-state index in [-0.39, 0.29) is 12.0 Å². The summed E-state index contributed by atoms with van der Waals surface area (Å²) >= 11 is 0. The molecule has 1 unspecified atom stereocenters. The molecule has 0 radical (unpaired) electrons. The first-order valence-electron chi connectivity index (χ1n) is 5.74. The molecule has 0 bridgehead atoms. The summed E-state index contributed by atoms with van der Waals surface area (Å²) in [7, 11) is -3.43. The number of sulfone groups is 1. The Morgan fingerprint density at radius 1 is 1.35 bits per heavy atom. The fraction of sp³-hybridized carbons (Fsp3) is 0.909. The number of nitrogens with two attached hydrogens (primary N) is 1. The van der Waals surface area contributed by atoms with Crippen molar-refractivity contribution in [2.24, 2.45) is 11.7 Å². The molecule has 0 aliphatic heterocycles. The zero-order valence-electron chi connectivity index (χ0n) is 11.3. The van der Waals surface area contributed by atoms with Gasteiger partial charge in [0.05, 0.1) is 0 Å². The van der Waals surface area contributed by atoms with Crippen LogP contribution in [0, 0.1) is 5.92 Å². The van der Waals surface area contributed by atoms with Gasteiger partial charge >= 0.3 is 0 Å². The summed E-state index contributed by atoms with van der Waals surface area (Å²) < 4.78 is 21.6. The van der Waals surface area contributed by atoms with E-state index in [1.54, 1.807) is 0 Å². The smallest absolute Gasteiger partial charge is 0.241 e. The molecule has 6 heteroatoms. The zero-order chi connectivity index (χ0) is 13.9. The van der Waals surface area contributed by atoms with Crippen LogP contribution in [0.5, 0.6) is 0 Å². The molecule has 17 heavy (non-hydrogen) atoms. The van der Waals surface area contributed by atoms with E-state index in [0.717, 1.165) is 6.26 Å². The van der Waals surface area contributed by atoms with Gasteiger partial charge in [-0.05, 0) is 32.7 Å². The Morgan fingerprint density at radius 3 is 2.12 bits per heavy atom. The molecule has 0 aromatic rings. The van der Waals surface area contributed by atoms with E-state index in [4.69, 9.17) is 5.73 Å². The van der Waals surface area contributed by atoms with Gasteiger partial charge in [0.15, 0.2) is 9.84 Å². The Labute approximate surface area is 104 Å². The van der Waals surface area contributed by atoms with Crippen LogP contribution in [-0.2, 0) is 14.6 Å². The Kier molecular flexibility index (Phi) is 5.61. The average Bonchev–Trinajstić information content (AvgIpc) is 2.14. The standard InChI is InChI=1S/C11H24N2O3S/c1-8(2)9(6-7-12)13-10(14)11(3,4)17(5,15)16/h8-9H,6-7,12H2,1-5H3,(H,13,14). The Balaban J connectivity index is 4.84. The van der Waals surface area contributed by atoms with Crippen molar-refractivity contribution in [1.82, 2.24) is 5.32 Å². The first-order valence-corrected chi connectivity index (χ1v) is 7.63. The summed E-state index contributed by atoms with van der Waals surface area (Å²) in [5.74, 6) is -0.245. The summed E-state index contributed by atoms with van der Waals surface area (Å²) in [5.41, 5.74) is 5.47. The van der Waals surface area contributed by atoms with Crippen molar-refractivity contribution in [3.63, 3.8) is 0 Å². The van der Waals surface area contributed by atoms with Crippen molar-refractivity contribution < 1.29 is 13.2 Å². The Hall–Kier alpha value is -0.620. The number of nitrogens with one attached hydrogen (secondary N) is 1. The molecule has 0 rings (SSSR count). The normalized spacial score (nSPS) is 14.8. The van der Waals surface area contributed by atoms with Gasteiger partial charge in [-0.2, -0.15) is 0 Å². The molecule has 0 aliphatic carbocycles. The van der Waals surface area contributed by atoms with E-state index in [2.05, 4.69) is 5.32 Å². The second kappa shape index (κ2) is 5.82. The van der Waals surface area contributed by atoms with Crippen molar-refractivity contribution in [2.45, 2.75) is 44.9 Å². The maximum atomic E-state index is 12.0. The van der Waals surface area contributed by atoms with Crippen molar-refractivity contribution in [1.29, 1.82) is 0 Å². The summed E-state index contributed by atoms with van der Waals surface area (Å²) in [5, 5.41) is 2.77. The van der Waals surface area contributed by atoms with Gasteiger partial charge in [0.1, 0.15) is 4.75 Å². The molecule has 102 valence electrons. The van der Waals surface area contributed by atoms with Gasteiger partial charge in [0.2, 0.25) is 5.91 Å². The molecule has 1 atom stereocenters. The highest BCUT2D eigenvalue weighted by molar-refractivity contribution is 7.92. The molecule has 3 N–H and O–H groups in total. The van der Waals surface area contributed by atoms with Crippen LogP contribution in [0.1, 0.15) is 34.1 Å². The van der Waals surface area contributed by atoms with Gasteiger partial charge in [-0.25, -0.2) is 8.42 Å². The lowest BCUT2D eigenvalue weighted by Crippen LogP contribution is -2.52. The lowest BCUT2D eigenvalue weighted by Gasteiger charge is -2.27. The fourth-order valence-electron chi connectivity index (χ4n) is 1.26. The van der Waals surface area contributed by atoms with Gasteiger partial charge < -0.3 is 11.1 Å². The number of amides is 1. The molecule has 0 aliphatic rings. The molecule has 0 fully saturated rings. The predicted molar refractivity (Wildman–Crippen MR) is 69.4 cm³/mol. The summed E-state index contributed by atoms with van der Waals surface area (Å²) in [6.07, 6.45) is 1.71. The van der Waals surface area contributed by atoms with Crippen molar-refractivity contribution in [3.8, 4) is 0 Å². The maximum absolute atomic E-state index is 12.0. The van der Waals surface area contributed by atoms with Crippen molar-refractivity contribution in [2.75, 3.05) is 12.8 Å². The molecular weight excluding hydrogens is 240 g/mol. The van der Waals surface area contributed by atoms with Gasteiger partial charge in [0.25, 0.3) is 0 Å². The fourth-order valence-corrected chi connectivity index (χ4v) is 1.66.